The maximum atomic E-state index is 11.9. The average molecular weight is 464 g/mol. The molecule has 0 aromatic carbocycles. The quantitative estimate of drug-likeness (QED) is 0.225. The molecule has 0 saturated carbocycles. The third-order valence-corrected chi connectivity index (χ3v) is 10.8. The van der Waals surface area contributed by atoms with Crippen molar-refractivity contribution in [1.29, 1.82) is 0 Å². The molecule has 4 N–H and O–H groups in total. The summed E-state index contributed by atoms with van der Waals surface area (Å²) < 4.78 is 65.1. The van der Waals surface area contributed by atoms with Gasteiger partial charge in [0.25, 0.3) is 0 Å². The van der Waals surface area contributed by atoms with Crippen LogP contribution in [0, 0.1) is 0 Å². The molecule has 0 aliphatic heterocycles. The van der Waals surface area contributed by atoms with Crippen LogP contribution in [0.25, 0.3) is 0 Å². The Labute approximate surface area is 151 Å². The smallest absolute Gasteiger partial charge is 0.312 e. The molecular weight excluding hydrogens is 440 g/mol. The first-order valence-electron chi connectivity index (χ1n) is 6.83. The zero-order valence-corrected chi connectivity index (χ0v) is 18.1. The normalized spacial score (nSPS) is 21.8. The highest BCUT2D eigenvalue weighted by molar-refractivity contribution is 7.66. The summed E-state index contributed by atoms with van der Waals surface area (Å²) in [6.45, 7) is -0.995. The van der Waals surface area contributed by atoms with Crippen molar-refractivity contribution in [3.63, 3.8) is 0 Å². The Morgan fingerprint density at radius 3 is 0.923 bits per heavy atom. The minimum atomic E-state index is -4.64. The lowest BCUT2D eigenvalue weighted by Crippen LogP contribution is -2.23. The number of hydrogen-bond acceptors (Lipinski definition) is 8. The largest absolute Gasteiger partial charge is 0.414 e. The van der Waals surface area contributed by atoms with E-state index in [0.29, 0.717) is 0 Å². The third-order valence-electron chi connectivity index (χ3n) is 3.08. The number of hydrogen-bond donors (Lipinski definition) is 4. The summed E-state index contributed by atoms with van der Waals surface area (Å²) in [5, 5.41) is 0. The molecular formula is C8H24N2O12P4. The molecule has 0 heterocycles. The molecule has 0 aliphatic rings. The Kier molecular flexibility index (Phi) is 10.5. The van der Waals surface area contributed by atoms with Crippen molar-refractivity contribution >= 4 is 31.0 Å². The lowest BCUT2D eigenvalue weighted by molar-refractivity contribution is 0.216. The van der Waals surface area contributed by atoms with Crippen LogP contribution in [-0.4, -0.2) is 70.0 Å². The van der Waals surface area contributed by atoms with E-state index in [9.17, 15) is 37.8 Å². The topological polar surface area (TPSA) is 193 Å². The highest BCUT2D eigenvalue weighted by Gasteiger charge is 2.44. The van der Waals surface area contributed by atoms with E-state index in [4.69, 9.17) is 0 Å². The highest BCUT2D eigenvalue weighted by atomic mass is 31.3. The zero-order valence-electron chi connectivity index (χ0n) is 14.6. The van der Waals surface area contributed by atoms with E-state index >= 15 is 0 Å². The van der Waals surface area contributed by atoms with Gasteiger partial charge in [-0.2, -0.15) is 0 Å². The average Bonchev–Trinajstić information content (AvgIpc) is 2.56. The lowest BCUT2D eigenvalue weighted by atomic mass is 10.3. The molecule has 4 atom stereocenters. The Morgan fingerprint density at radius 1 is 0.577 bits per heavy atom. The minimum absolute atomic E-state index is 0.119. The van der Waals surface area contributed by atoms with Gasteiger partial charge in [-0.15, -0.1) is 8.88 Å². The second-order valence-electron chi connectivity index (χ2n) is 4.59. The summed E-state index contributed by atoms with van der Waals surface area (Å²) in [5.41, 5.74) is 0. The van der Waals surface area contributed by atoms with Crippen LogP contribution >= 0.6 is 31.0 Å². The van der Waals surface area contributed by atoms with Crippen molar-refractivity contribution in [3.05, 3.63) is 0 Å². The molecule has 0 aliphatic carbocycles. The zero-order chi connectivity index (χ0) is 20.8. The van der Waals surface area contributed by atoms with Crippen LogP contribution in [0.5, 0.6) is 0 Å². The van der Waals surface area contributed by atoms with Crippen molar-refractivity contribution in [2.75, 3.05) is 41.5 Å². The molecule has 158 valence electrons. The Morgan fingerprint density at radius 2 is 0.769 bits per heavy atom. The van der Waals surface area contributed by atoms with Crippen LogP contribution in [0.3, 0.4) is 0 Å². The fourth-order valence-electron chi connectivity index (χ4n) is 1.67. The van der Waals surface area contributed by atoms with E-state index in [-0.39, 0.29) is 21.7 Å². The van der Waals surface area contributed by atoms with Gasteiger partial charge in [-0.25, -0.2) is 18.3 Å². The number of nitrogens with zero attached hydrogens (tertiary/aromatic N) is 2. The Hall–Kier alpha value is 0.520. The van der Waals surface area contributed by atoms with Crippen molar-refractivity contribution < 1.29 is 55.9 Å². The third kappa shape index (κ3) is 7.16. The van der Waals surface area contributed by atoms with Gasteiger partial charge in [0.15, 0.2) is 0 Å². The van der Waals surface area contributed by atoms with Gasteiger partial charge in [0.05, 0.1) is 0 Å². The van der Waals surface area contributed by atoms with E-state index in [2.05, 4.69) is 18.1 Å². The Bertz CT molecular complexity index is 541. The van der Waals surface area contributed by atoms with E-state index in [1.165, 1.54) is 0 Å². The fraction of sp³-hybridized carbons (Fsp3) is 1.00. The maximum Gasteiger partial charge on any atom is 0.414 e. The molecule has 0 aromatic heterocycles. The van der Waals surface area contributed by atoms with E-state index in [1.807, 2.05) is 0 Å². The molecule has 0 fully saturated rings. The second kappa shape index (κ2) is 10.3. The first-order valence-corrected chi connectivity index (χ1v) is 12.9. The molecule has 0 radical (unpaired) electrons. The molecule has 14 nitrogen and oxygen atoms in total. The van der Waals surface area contributed by atoms with Gasteiger partial charge in [0, 0.05) is 41.5 Å². The Balaban J connectivity index is 5.16. The van der Waals surface area contributed by atoms with Gasteiger partial charge >= 0.3 is 31.0 Å². The molecule has 26 heavy (non-hydrogen) atoms. The second-order valence-corrected chi connectivity index (χ2v) is 12.5. The van der Waals surface area contributed by atoms with Crippen molar-refractivity contribution in [2.24, 2.45) is 0 Å². The number of unbranched alkanes of at least 4 members (excludes halogenated alkanes) is 1. The molecule has 0 rings (SSSR count). The van der Waals surface area contributed by atoms with Crippen LogP contribution in [0.15, 0.2) is 0 Å². The molecule has 0 amide bonds. The highest BCUT2D eigenvalue weighted by Crippen LogP contribution is 2.64. The van der Waals surface area contributed by atoms with E-state index in [0.717, 1.165) is 28.4 Å². The summed E-state index contributed by atoms with van der Waals surface area (Å²) >= 11 is 0. The van der Waals surface area contributed by atoms with Crippen molar-refractivity contribution in [3.8, 4) is 0 Å². The van der Waals surface area contributed by atoms with E-state index in [1.54, 1.807) is 0 Å². The van der Waals surface area contributed by atoms with Gasteiger partial charge in [-0.3, -0.25) is 18.1 Å². The van der Waals surface area contributed by atoms with Crippen LogP contribution < -0.4 is 0 Å². The van der Waals surface area contributed by atoms with Gasteiger partial charge in [-0.05, 0) is 12.8 Å². The predicted octanol–water partition coefficient (Wildman–Crippen LogP) is 1.36. The molecule has 0 bridgehead atoms. The first kappa shape index (κ1) is 26.5. The molecule has 0 spiro atoms. The summed E-state index contributed by atoms with van der Waals surface area (Å²) in [7, 11) is -15.1. The lowest BCUT2D eigenvalue weighted by Gasteiger charge is -2.29. The summed E-state index contributed by atoms with van der Waals surface area (Å²) in [6.07, 6.45) is -0.239. The SMILES string of the molecule is COP(=O)(O)N(CCCCN(P(=O)(O)OC)P(=O)(O)OC)P(=O)(O)OC. The van der Waals surface area contributed by atoms with Gasteiger partial charge in [-0.1, -0.05) is 0 Å². The minimum Gasteiger partial charge on any atom is -0.312 e. The first-order chi connectivity index (χ1) is 11.7. The van der Waals surface area contributed by atoms with Gasteiger partial charge in [0.2, 0.25) is 0 Å². The summed E-state index contributed by atoms with van der Waals surface area (Å²) in [6, 6.07) is 0. The van der Waals surface area contributed by atoms with Crippen LogP contribution in [-0.2, 0) is 36.4 Å². The fourth-order valence-corrected chi connectivity index (χ4v) is 7.17. The van der Waals surface area contributed by atoms with Crippen molar-refractivity contribution in [1.82, 2.24) is 8.88 Å². The molecule has 0 saturated heterocycles. The monoisotopic (exact) mass is 464 g/mol. The molecule has 0 aromatic rings. The standard InChI is InChI=1S/C8H24N2O12P4/c1-19-23(11,12)9(24(13,14)20-2)7-5-6-8-10(25(15,16)21-3)26(17,18)22-4/h5-8H2,1-4H3,(H,11,12)(H,13,14)(H,15,16)(H,17,18). The predicted molar refractivity (Wildman–Crippen MR) is 90.0 cm³/mol. The van der Waals surface area contributed by atoms with E-state index < -0.39 is 44.1 Å². The van der Waals surface area contributed by atoms with Crippen LogP contribution in [0.2, 0.25) is 0 Å². The van der Waals surface area contributed by atoms with Gasteiger partial charge < -0.3 is 19.6 Å². The summed E-state index contributed by atoms with van der Waals surface area (Å²) in [5.74, 6) is 0. The van der Waals surface area contributed by atoms with Crippen LogP contribution in [0.4, 0.5) is 0 Å². The molecule has 4 unspecified atom stereocenters. The van der Waals surface area contributed by atoms with Gasteiger partial charge in [0.1, 0.15) is 0 Å². The maximum absolute atomic E-state index is 11.9. The van der Waals surface area contributed by atoms with Crippen molar-refractivity contribution in [2.45, 2.75) is 12.8 Å². The van der Waals surface area contributed by atoms with Crippen LogP contribution in [0.1, 0.15) is 12.8 Å². The summed E-state index contributed by atoms with van der Waals surface area (Å²) in [4.78, 5) is 38.5. The molecule has 18 heteroatoms. The number of rotatable bonds is 13.